The van der Waals surface area contributed by atoms with Gasteiger partial charge in [-0.05, 0) is 25.8 Å². The number of nitrogens with one attached hydrogen (secondary N) is 1. The number of amides is 1. The SMILES string of the molecule is Cc1nc(-c2ccccc2)sc1C(=O)C1=C(O)C(=O)N(C2CCCCC2)C1c1c[nH]c2ccccc12. The molecule has 1 aliphatic carbocycles. The molecule has 7 heteroatoms. The molecule has 0 saturated heterocycles. The zero-order valence-electron chi connectivity index (χ0n) is 20.0. The van der Waals surface area contributed by atoms with Crippen molar-refractivity contribution < 1.29 is 14.7 Å². The van der Waals surface area contributed by atoms with Crippen molar-refractivity contribution in [2.24, 2.45) is 0 Å². The number of thiazole rings is 1. The first-order chi connectivity index (χ1) is 17.5. The summed E-state index contributed by atoms with van der Waals surface area (Å²) < 4.78 is 0. The van der Waals surface area contributed by atoms with Crippen LogP contribution in [0.2, 0.25) is 0 Å². The standard InChI is InChI=1S/C29H27N3O3S/c1-17-27(36-28(31-17)18-10-4-2-5-11-18)25(33)23-24(21-16-30-22-15-9-8-14-20(21)22)32(29(35)26(23)34)19-12-6-3-7-13-19/h2,4-5,8-11,14-16,19,24,30,34H,3,6-7,12-13H2,1H3. The fourth-order valence-electron chi connectivity index (χ4n) is 5.65. The number of rotatable bonds is 5. The molecular formula is C29H27N3O3S. The summed E-state index contributed by atoms with van der Waals surface area (Å²) in [6.07, 6.45) is 6.83. The number of ketones is 1. The first kappa shape index (κ1) is 22.7. The van der Waals surface area contributed by atoms with Crippen molar-refractivity contribution in [3.8, 4) is 10.6 Å². The van der Waals surface area contributed by atoms with Crippen LogP contribution >= 0.6 is 11.3 Å². The van der Waals surface area contributed by atoms with Gasteiger partial charge in [0, 0.05) is 34.3 Å². The number of aliphatic hydroxyl groups is 1. The van der Waals surface area contributed by atoms with Crippen LogP contribution in [-0.4, -0.2) is 37.7 Å². The van der Waals surface area contributed by atoms with Gasteiger partial charge in [0.25, 0.3) is 5.91 Å². The second kappa shape index (κ2) is 9.06. The Bertz CT molecular complexity index is 1490. The first-order valence-corrected chi connectivity index (χ1v) is 13.3. The van der Waals surface area contributed by atoms with E-state index >= 15 is 0 Å². The monoisotopic (exact) mass is 497 g/mol. The number of aryl methyl sites for hydroxylation is 1. The predicted molar refractivity (Wildman–Crippen MR) is 141 cm³/mol. The molecule has 182 valence electrons. The summed E-state index contributed by atoms with van der Waals surface area (Å²) >= 11 is 1.31. The minimum Gasteiger partial charge on any atom is -0.503 e. The Hall–Kier alpha value is -3.71. The second-order valence-electron chi connectivity index (χ2n) is 9.59. The molecule has 0 bridgehead atoms. The molecule has 3 heterocycles. The van der Waals surface area contributed by atoms with Gasteiger partial charge >= 0.3 is 0 Å². The summed E-state index contributed by atoms with van der Waals surface area (Å²) in [5.41, 5.74) is 3.46. The van der Waals surface area contributed by atoms with Crippen LogP contribution < -0.4 is 0 Å². The Morgan fingerprint density at radius 2 is 1.78 bits per heavy atom. The molecule has 0 radical (unpaired) electrons. The third-order valence-electron chi connectivity index (χ3n) is 7.40. The molecule has 1 atom stereocenters. The highest BCUT2D eigenvalue weighted by molar-refractivity contribution is 7.17. The van der Waals surface area contributed by atoms with E-state index in [9.17, 15) is 14.7 Å². The van der Waals surface area contributed by atoms with Crippen LogP contribution in [0, 0.1) is 6.92 Å². The van der Waals surface area contributed by atoms with E-state index in [1.54, 1.807) is 4.90 Å². The van der Waals surface area contributed by atoms with Crippen molar-refractivity contribution in [1.82, 2.24) is 14.9 Å². The molecule has 1 fully saturated rings. The van der Waals surface area contributed by atoms with Gasteiger partial charge in [-0.15, -0.1) is 11.3 Å². The van der Waals surface area contributed by atoms with Gasteiger partial charge in [0.1, 0.15) is 5.01 Å². The summed E-state index contributed by atoms with van der Waals surface area (Å²) in [5, 5.41) is 12.9. The third kappa shape index (κ3) is 3.66. The van der Waals surface area contributed by atoms with Crippen molar-refractivity contribution >= 4 is 33.9 Å². The Kier molecular flexibility index (Phi) is 5.72. The number of nitrogens with zero attached hydrogens (tertiary/aromatic N) is 2. The van der Waals surface area contributed by atoms with Crippen molar-refractivity contribution in [2.75, 3.05) is 0 Å². The topological polar surface area (TPSA) is 86.3 Å². The molecule has 2 aliphatic rings. The zero-order chi connectivity index (χ0) is 24.8. The van der Waals surface area contributed by atoms with Crippen molar-refractivity contribution in [3.05, 3.63) is 88.3 Å². The minimum atomic E-state index is -0.647. The molecule has 4 aromatic rings. The fourth-order valence-corrected chi connectivity index (χ4v) is 6.68. The third-order valence-corrected chi connectivity index (χ3v) is 8.60. The molecule has 1 amide bonds. The highest BCUT2D eigenvalue weighted by atomic mass is 32.1. The normalized spacial score (nSPS) is 19.0. The predicted octanol–water partition coefficient (Wildman–Crippen LogP) is 6.51. The van der Waals surface area contributed by atoms with Crippen LogP contribution in [0.25, 0.3) is 21.5 Å². The first-order valence-electron chi connectivity index (χ1n) is 12.4. The number of aliphatic hydroxyl groups excluding tert-OH is 1. The average molecular weight is 498 g/mol. The Morgan fingerprint density at radius 3 is 2.56 bits per heavy atom. The maximum Gasteiger partial charge on any atom is 0.290 e. The molecule has 0 spiro atoms. The summed E-state index contributed by atoms with van der Waals surface area (Å²) in [7, 11) is 0. The number of carbonyl (C=O) groups is 2. The van der Waals surface area contributed by atoms with E-state index in [0.29, 0.717) is 10.6 Å². The Labute approximate surface area is 213 Å². The molecule has 2 aromatic heterocycles. The molecule has 6 rings (SSSR count). The lowest BCUT2D eigenvalue weighted by Crippen LogP contribution is -2.41. The largest absolute Gasteiger partial charge is 0.503 e. The van der Waals surface area contributed by atoms with E-state index in [4.69, 9.17) is 0 Å². The number of Topliss-reactive ketones (excluding diaryl/α,β-unsaturated/α-hetero) is 1. The minimum absolute atomic E-state index is 0.0141. The van der Waals surface area contributed by atoms with Crippen LogP contribution in [0.5, 0.6) is 0 Å². The number of hydrogen-bond donors (Lipinski definition) is 2. The van der Waals surface area contributed by atoms with Gasteiger partial charge < -0.3 is 15.0 Å². The van der Waals surface area contributed by atoms with Crippen LogP contribution in [0.15, 0.2) is 72.1 Å². The fraction of sp³-hybridized carbons (Fsp3) is 0.276. The van der Waals surface area contributed by atoms with Crippen LogP contribution in [-0.2, 0) is 4.79 Å². The highest BCUT2D eigenvalue weighted by Crippen LogP contribution is 2.45. The molecule has 2 N–H and O–H groups in total. The highest BCUT2D eigenvalue weighted by Gasteiger charge is 2.48. The second-order valence-corrected chi connectivity index (χ2v) is 10.6. The number of hydrogen-bond acceptors (Lipinski definition) is 5. The summed E-state index contributed by atoms with van der Waals surface area (Å²) in [6.45, 7) is 1.81. The quantitative estimate of drug-likeness (QED) is 0.308. The van der Waals surface area contributed by atoms with E-state index in [1.807, 2.05) is 67.7 Å². The number of benzene rings is 2. The average Bonchev–Trinajstić information content (AvgIpc) is 3.59. The molecular weight excluding hydrogens is 470 g/mol. The van der Waals surface area contributed by atoms with Crippen LogP contribution in [0.4, 0.5) is 0 Å². The number of para-hydroxylation sites is 1. The molecule has 1 aliphatic heterocycles. The summed E-state index contributed by atoms with van der Waals surface area (Å²) in [6, 6.07) is 16.9. The van der Waals surface area contributed by atoms with E-state index in [2.05, 4.69) is 9.97 Å². The lowest BCUT2D eigenvalue weighted by molar-refractivity contribution is -0.132. The van der Waals surface area contributed by atoms with Crippen LogP contribution in [0.3, 0.4) is 0 Å². The number of H-pyrrole nitrogens is 1. The van der Waals surface area contributed by atoms with Gasteiger partial charge in [-0.25, -0.2) is 4.98 Å². The number of aromatic nitrogens is 2. The Morgan fingerprint density at radius 1 is 1.06 bits per heavy atom. The van der Waals surface area contributed by atoms with Gasteiger partial charge in [0.2, 0.25) is 5.78 Å². The number of carbonyl (C=O) groups excluding carboxylic acids is 2. The molecule has 36 heavy (non-hydrogen) atoms. The van der Waals surface area contributed by atoms with E-state index in [0.717, 1.165) is 59.1 Å². The summed E-state index contributed by atoms with van der Waals surface area (Å²) in [4.78, 5) is 37.8. The zero-order valence-corrected chi connectivity index (χ0v) is 20.8. The Balaban J connectivity index is 1.48. The maximum atomic E-state index is 14.1. The van der Waals surface area contributed by atoms with E-state index in [-0.39, 0.29) is 17.4 Å². The van der Waals surface area contributed by atoms with Crippen molar-refractivity contribution in [3.63, 3.8) is 0 Å². The number of fused-ring (bicyclic) bond motifs is 1. The van der Waals surface area contributed by atoms with Gasteiger partial charge in [-0.1, -0.05) is 67.8 Å². The maximum absolute atomic E-state index is 14.1. The molecule has 6 nitrogen and oxygen atoms in total. The van der Waals surface area contributed by atoms with Crippen molar-refractivity contribution in [1.29, 1.82) is 0 Å². The lowest BCUT2D eigenvalue weighted by atomic mass is 9.90. The summed E-state index contributed by atoms with van der Waals surface area (Å²) in [5.74, 6) is -1.22. The van der Waals surface area contributed by atoms with Gasteiger partial charge in [0.05, 0.1) is 22.2 Å². The van der Waals surface area contributed by atoms with Gasteiger partial charge in [0.15, 0.2) is 5.76 Å². The molecule has 2 aromatic carbocycles. The van der Waals surface area contributed by atoms with E-state index < -0.39 is 17.7 Å². The van der Waals surface area contributed by atoms with Gasteiger partial charge in [-0.2, -0.15) is 0 Å². The van der Waals surface area contributed by atoms with Crippen molar-refractivity contribution in [2.45, 2.75) is 51.1 Å². The smallest absolute Gasteiger partial charge is 0.290 e. The molecule has 1 unspecified atom stereocenters. The van der Waals surface area contributed by atoms with E-state index in [1.165, 1.54) is 11.3 Å². The molecule has 1 saturated carbocycles. The lowest BCUT2D eigenvalue weighted by Gasteiger charge is -2.36. The number of aromatic amines is 1. The van der Waals surface area contributed by atoms with Gasteiger partial charge in [-0.3, -0.25) is 9.59 Å². The van der Waals surface area contributed by atoms with Crippen LogP contribution in [0.1, 0.15) is 59.1 Å².